The maximum Gasteiger partial charge on any atom is 0.203 e. The van der Waals surface area contributed by atoms with Gasteiger partial charge in [-0.05, 0) is 58.0 Å². The Balaban J connectivity index is 2.48. The first-order valence-corrected chi connectivity index (χ1v) is 11.1. The number of methoxy groups -OCH3 is 3. The Labute approximate surface area is 196 Å². The Morgan fingerprint density at radius 3 is 1.52 bits per heavy atom. The van der Waals surface area contributed by atoms with Crippen molar-refractivity contribution in [3.63, 3.8) is 0 Å². The highest BCUT2D eigenvalue weighted by atomic mass is 16.7. The van der Waals surface area contributed by atoms with Gasteiger partial charge in [-0.3, -0.25) is 0 Å². The van der Waals surface area contributed by atoms with Crippen molar-refractivity contribution in [2.75, 3.05) is 47.8 Å². The lowest BCUT2D eigenvalue weighted by molar-refractivity contribution is -0.140. The molecule has 0 atom stereocenters. The maximum absolute atomic E-state index is 6.24. The predicted molar refractivity (Wildman–Crippen MR) is 125 cm³/mol. The Morgan fingerprint density at radius 1 is 0.545 bits per heavy atom. The molecular weight excluding hydrogens is 428 g/mol. The highest BCUT2D eigenvalue weighted by molar-refractivity contribution is 5.57. The first kappa shape index (κ1) is 26.7. The molecule has 0 aromatic heterocycles. The molecule has 0 spiro atoms. The minimum Gasteiger partial charge on any atom is -0.493 e. The zero-order chi connectivity index (χ0) is 24.2. The molecule has 2 aromatic rings. The summed E-state index contributed by atoms with van der Waals surface area (Å²) in [6.07, 6.45) is -1.05. The smallest absolute Gasteiger partial charge is 0.203 e. The van der Waals surface area contributed by atoms with Gasteiger partial charge in [0.05, 0.1) is 21.3 Å². The van der Waals surface area contributed by atoms with E-state index in [2.05, 4.69) is 0 Å². The summed E-state index contributed by atoms with van der Waals surface area (Å²) in [7, 11) is 4.71. The Morgan fingerprint density at radius 2 is 1.03 bits per heavy atom. The molecule has 2 rings (SSSR count). The number of rotatable bonds is 15. The van der Waals surface area contributed by atoms with Gasteiger partial charge in [-0.25, -0.2) is 0 Å². The topological polar surface area (TPSA) is 73.8 Å². The summed E-state index contributed by atoms with van der Waals surface area (Å²) in [4.78, 5) is 0. The molecule has 0 amide bonds. The average Bonchev–Trinajstić information content (AvgIpc) is 2.83. The van der Waals surface area contributed by atoms with Crippen LogP contribution in [0.5, 0.6) is 28.7 Å². The van der Waals surface area contributed by atoms with E-state index in [4.69, 9.17) is 37.9 Å². The molecule has 0 unspecified atom stereocenters. The first-order chi connectivity index (χ1) is 16.1. The van der Waals surface area contributed by atoms with Crippen LogP contribution in [0.3, 0.4) is 0 Å². The highest BCUT2D eigenvalue weighted by Crippen LogP contribution is 2.44. The van der Waals surface area contributed by atoms with Gasteiger partial charge >= 0.3 is 0 Å². The monoisotopic (exact) mass is 464 g/mol. The fraction of sp³-hybridized carbons (Fsp3) is 0.520. The van der Waals surface area contributed by atoms with Crippen LogP contribution in [0.15, 0.2) is 30.3 Å². The molecule has 0 saturated carbocycles. The van der Waals surface area contributed by atoms with E-state index in [1.54, 1.807) is 27.4 Å². The molecule has 0 N–H and O–H groups in total. The molecule has 8 nitrogen and oxygen atoms in total. The van der Waals surface area contributed by atoms with Gasteiger partial charge in [0.2, 0.25) is 5.75 Å². The van der Waals surface area contributed by atoms with Crippen LogP contribution < -0.4 is 18.9 Å². The molecule has 184 valence electrons. The summed E-state index contributed by atoms with van der Waals surface area (Å²) in [6.45, 7) is 9.70. The van der Waals surface area contributed by atoms with E-state index >= 15 is 0 Å². The molecule has 0 aliphatic carbocycles. The van der Waals surface area contributed by atoms with Gasteiger partial charge < -0.3 is 37.9 Å². The maximum atomic E-state index is 6.24. The van der Waals surface area contributed by atoms with Crippen LogP contribution in [-0.4, -0.2) is 47.8 Å². The van der Waals surface area contributed by atoms with E-state index < -0.39 is 12.6 Å². The Bertz CT molecular complexity index is 843. The number of benzene rings is 2. The summed E-state index contributed by atoms with van der Waals surface area (Å²) in [5.74, 6) is 2.40. The summed E-state index contributed by atoms with van der Waals surface area (Å²) < 4.78 is 45.9. The van der Waals surface area contributed by atoms with Crippen LogP contribution in [0.1, 0.15) is 51.4 Å². The van der Waals surface area contributed by atoms with E-state index in [-0.39, 0.29) is 0 Å². The molecule has 0 radical (unpaired) electrons. The molecule has 0 heterocycles. The Kier molecular flexibility index (Phi) is 11.3. The zero-order valence-corrected chi connectivity index (χ0v) is 20.6. The van der Waals surface area contributed by atoms with Gasteiger partial charge in [0.1, 0.15) is 0 Å². The third-order valence-electron chi connectivity index (χ3n) is 4.69. The Hall–Kier alpha value is -2.52. The number of hydrogen-bond acceptors (Lipinski definition) is 8. The molecule has 0 bridgehead atoms. The minimum atomic E-state index is -0.565. The largest absolute Gasteiger partial charge is 0.493 e. The standard InChI is InChI=1S/C25H36O8/c1-8-29-24(30-9-2)17-12-13-19(20(14-17)26-5)33-22-16-18(25(31-10-3)32-11-4)15-21(27-6)23(22)28-7/h12-16,24-25H,8-11H2,1-7H3. The molecule has 0 aliphatic heterocycles. The third-order valence-corrected chi connectivity index (χ3v) is 4.69. The average molecular weight is 465 g/mol. The van der Waals surface area contributed by atoms with E-state index in [9.17, 15) is 0 Å². The highest BCUT2D eigenvalue weighted by Gasteiger charge is 2.22. The molecule has 0 fully saturated rings. The second kappa shape index (κ2) is 13.9. The van der Waals surface area contributed by atoms with E-state index in [0.29, 0.717) is 55.2 Å². The van der Waals surface area contributed by atoms with Crippen molar-refractivity contribution < 1.29 is 37.9 Å². The number of hydrogen-bond donors (Lipinski definition) is 0. The third kappa shape index (κ3) is 6.98. The van der Waals surface area contributed by atoms with Crippen molar-refractivity contribution in [1.82, 2.24) is 0 Å². The molecule has 0 aliphatic rings. The van der Waals surface area contributed by atoms with Crippen molar-refractivity contribution in [3.8, 4) is 28.7 Å². The summed E-state index contributed by atoms with van der Waals surface area (Å²) in [6, 6.07) is 9.15. The number of ether oxygens (including phenoxy) is 8. The van der Waals surface area contributed by atoms with Gasteiger partial charge in [-0.2, -0.15) is 0 Å². The SMILES string of the molecule is CCOC(OCC)c1ccc(Oc2cc(C(OCC)OCC)cc(OC)c2OC)c(OC)c1. The summed E-state index contributed by atoms with van der Waals surface area (Å²) >= 11 is 0. The first-order valence-electron chi connectivity index (χ1n) is 11.1. The second-order valence-electron chi connectivity index (χ2n) is 6.75. The van der Waals surface area contributed by atoms with Gasteiger partial charge in [0.25, 0.3) is 0 Å². The molecule has 33 heavy (non-hydrogen) atoms. The second-order valence-corrected chi connectivity index (χ2v) is 6.75. The van der Waals surface area contributed by atoms with Crippen molar-refractivity contribution in [2.45, 2.75) is 40.3 Å². The van der Waals surface area contributed by atoms with E-state index in [1.165, 1.54) is 0 Å². The van der Waals surface area contributed by atoms with Crippen LogP contribution in [0.4, 0.5) is 0 Å². The molecule has 2 aromatic carbocycles. The van der Waals surface area contributed by atoms with E-state index in [0.717, 1.165) is 11.1 Å². The van der Waals surface area contributed by atoms with Crippen LogP contribution in [-0.2, 0) is 18.9 Å². The van der Waals surface area contributed by atoms with Gasteiger partial charge in [0.15, 0.2) is 35.6 Å². The molecular formula is C25H36O8. The molecule has 8 heteroatoms. The van der Waals surface area contributed by atoms with Crippen molar-refractivity contribution >= 4 is 0 Å². The van der Waals surface area contributed by atoms with Crippen LogP contribution in [0, 0.1) is 0 Å². The summed E-state index contributed by atoms with van der Waals surface area (Å²) in [5, 5.41) is 0. The van der Waals surface area contributed by atoms with Crippen LogP contribution in [0.25, 0.3) is 0 Å². The molecule has 0 saturated heterocycles. The zero-order valence-electron chi connectivity index (χ0n) is 20.6. The lowest BCUT2D eigenvalue weighted by Gasteiger charge is -2.22. The quantitative estimate of drug-likeness (QED) is 0.313. The minimum absolute atomic E-state index is 0.438. The van der Waals surface area contributed by atoms with Crippen LogP contribution in [0.2, 0.25) is 0 Å². The van der Waals surface area contributed by atoms with Crippen LogP contribution >= 0.6 is 0 Å². The fourth-order valence-electron chi connectivity index (χ4n) is 3.28. The van der Waals surface area contributed by atoms with Crippen molar-refractivity contribution in [3.05, 3.63) is 41.5 Å². The van der Waals surface area contributed by atoms with Gasteiger partial charge in [-0.15, -0.1) is 0 Å². The van der Waals surface area contributed by atoms with Gasteiger partial charge in [-0.1, -0.05) is 0 Å². The lowest BCUT2D eigenvalue weighted by atomic mass is 10.1. The normalized spacial score (nSPS) is 11.2. The van der Waals surface area contributed by atoms with E-state index in [1.807, 2.05) is 52.0 Å². The van der Waals surface area contributed by atoms with Crippen molar-refractivity contribution in [1.29, 1.82) is 0 Å². The lowest BCUT2D eigenvalue weighted by Crippen LogP contribution is -2.10. The fourth-order valence-corrected chi connectivity index (χ4v) is 3.28. The van der Waals surface area contributed by atoms with Gasteiger partial charge in [0, 0.05) is 37.6 Å². The predicted octanol–water partition coefficient (Wildman–Crippen LogP) is 5.65. The summed E-state index contributed by atoms with van der Waals surface area (Å²) in [5.41, 5.74) is 1.57. The van der Waals surface area contributed by atoms with Crippen molar-refractivity contribution in [2.24, 2.45) is 0 Å².